The van der Waals surface area contributed by atoms with Gasteiger partial charge in [0.2, 0.25) is 0 Å². The summed E-state index contributed by atoms with van der Waals surface area (Å²) in [7, 11) is -3.91. The first kappa shape index (κ1) is 21.2. The molecular weight excluding hydrogens is 287 g/mol. The number of carbonyl (C=O) groups is 2. The number of ether oxygens (including phenoxy) is 2. The Labute approximate surface area is 135 Å². The standard InChI is InChI=1S/C10H18O7S.Na/c1-3-4-5-6-17-10(12)8(18(13,14)15)7-9(11)16-2;/h8H,3-7H2,1-2H3,(H,13,14,15);/q;+1/p-1. The molecule has 0 amide bonds. The fourth-order valence-corrected chi connectivity index (χ4v) is 1.80. The van der Waals surface area contributed by atoms with E-state index in [0.29, 0.717) is 6.42 Å². The van der Waals surface area contributed by atoms with Gasteiger partial charge in [0.15, 0.2) is 5.25 Å². The molecule has 0 aromatic carbocycles. The third-order valence-electron chi connectivity index (χ3n) is 2.18. The molecule has 1 unspecified atom stereocenters. The minimum Gasteiger partial charge on any atom is -0.747 e. The number of hydrogen-bond acceptors (Lipinski definition) is 7. The van der Waals surface area contributed by atoms with Gasteiger partial charge in [0.1, 0.15) is 10.1 Å². The second-order valence-corrected chi connectivity index (χ2v) is 5.19. The molecule has 0 radical (unpaired) electrons. The van der Waals surface area contributed by atoms with Crippen LogP contribution < -0.4 is 29.6 Å². The zero-order valence-electron chi connectivity index (χ0n) is 11.4. The monoisotopic (exact) mass is 304 g/mol. The molecule has 0 fully saturated rings. The van der Waals surface area contributed by atoms with E-state index in [0.717, 1.165) is 20.0 Å². The van der Waals surface area contributed by atoms with Crippen molar-refractivity contribution in [3.05, 3.63) is 0 Å². The summed E-state index contributed by atoms with van der Waals surface area (Å²) in [5.74, 6) is -2.16. The van der Waals surface area contributed by atoms with Crippen molar-refractivity contribution in [1.82, 2.24) is 0 Å². The van der Waals surface area contributed by atoms with Crippen molar-refractivity contribution >= 4 is 22.1 Å². The van der Waals surface area contributed by atoms with Crippen LogP contribution in [0.15, 0.2) is 0 Å². The molecule has 19 heavy (non-hydrogen) atoms. The molecule has 0 aromatic rings. The van der Waals surface area contributed by atoms with Crippen molar-refractivity contribution < 1.29 is 61.6 Å². The van der Waals surface area contributed by atoms with Crippen LogP contribution in [0.2, 0.25) is 0 Å². The van der Waals surface area contributed by atoms with Crippen LogP contribution in [0, 0.1) is 0 Å². The van der Waals surface area contributed by atoms with Crippen LogP contribution in [0.3, 0.4) is 0 Å². The smallest absolute Gasteiger partial charge is 0.747 e. The molecule has 7 nitrogen and oxygen atoms in total. The van der Waals surface area contributed by atoms with E-state index in [1.807, 2.05) is 6.92 Å². The quantitative estimate of drug-likeness (QED) is 0.206. The van der Waals surface area contributed by atoms with Gasteiger partial charge in [0, 0.05) is 0 Å². The van der Waals surface area contributed by atoms with E-state index >= 15 is 0 Å². The maximum absolute atomic E-state index is 11.4. The predicted octanol–water partition coefficient (Wildman–Crippen LogP) is -2.80. The van der Waals surface area contributed by atoms with Gasteiger partial charge in [-0.05, 0) is 6.42 Å². The zero-order valence-corrected chi connectivity index (χ0v) is 14.2. The van der Waals surface area contributed by atoms with E-state index in [-0.39, 0.29) is 36.2 Å². The van der Waals surface area contributed by atoms with Crippen molar-refractivity contribution in [1.29, 1.82) is 0 Å². The second-order valence-electron chi connectivity index (χ2n) is 3.64. The zero-order chi connectivity index (χ0) is 14.2. The number of unbranched alkanes of at least 4 members (excludes halogenated alkanes) is 2. The molecule has 0 bridgehead atoms. The normalized spacial score (nSPS) is 12.2. The molecule has 0 aliphatic heterocycles. The van der Waals surface area contributed by atoms with Crippen LogP contribution in [0.1, 0.15) is 32.6 Å². The summed E-state index contributed by atoms with van der Waals surface area (Å²) in [6.45, 7) is 1.98. The second kappa shape index (κ2) is 10.6. The average molecular weight is 304 g/mol. The minimum absolute atomic E-state index is 0. The summed E-state index contributed by atoms with van der Waals surface area (Å²) < 4.78 is 41.4. The average Bonchev–Trinajstić information content (AvgIpc) is 2.29. The van der Waals surface area contributed by atoms with Crippen LogP contribution in [0.25, 0.3) is 0 Å². The number of carbonyl (C=O) groups excluding carboxylic acids is 2. The van der Waals surface area contributed by atoms with Gasteiger partial charge in [-0.2, -0.15) is 0 Å². The molecule has 0 aromatic heterocycles. The van der Waals surface area contributed by atoms with Gasteiger partial charge in [-0.3, -0.25) is 9.59 Å². The summed E-state index contributed by atoms with van der Waals surface area (Å²) >= 11 is 0. The fourth-order valence-electron chi connectivity index (χ4n) is 1.16. The van der Waals surface area contributed by atoms with Crippen molar-refractivity contribution in [2.75, 3.05) is 13.7 Å². The van der Waals surface area contributed by atoms with E-state index in [9.17, 15) is 22.6 Å². The Morgan fingerprint density at radius 2 is 1.84 bits per heavy atom. The first-order valence-corrected chi connectivity index (χ1v) is 6.98. The summed E-state index contributed by atoms with van der Waals surface area (Å²) in [5, 5.41) is -2.04. The number of methoxy groups -OCH3 is 1. The van der Waals surface area contributed by atoms with Gasteiger partial charge in [-0.25, -0.2) is 8.42 Å². The topological polar surface area (TPSA) is 110 Å². The molecule has 0 aliphatic rings. The number of esters is 2. The van der Waals surface area contributed by atoms with Gasteiger partial charge in [0.05, 0.1) is 20.1 Å². The Balaban J connectivity index is 0. The molecule has 0 rings (SSSR count). The van der Waals surface area contributed by atoms with Crippen molar-refractivity contribution in [2.45, 2.75) is 37.9 Å². The van der Waals surface area contributed by atoms with Crippen molar-refractivity contribution in [3.8, 4) is 0 Å². The van der Waals surface area contributed by atoms with E-state index in [4.69, 9.17) is 0 Å². The summed E-state index contributed by atoms with van der Waals surface area (Å²) in [6, 6.07) is 0. The van der Waals surface area contributed by atoms with Crippen LogP contribution in [0.4, 0.5) is 0 Å². The molecule has 9 heteroatoms. The largest absolute Gasteiger partial charge is 1.00 e. The Morgan fingerprint density at radius 1 is 1.26 bits per heavy atom. The van der Waals surface area contributed by atoms with Crippen molar-refractivity contribution in [3.63, 3.8) is 0 Å². The van der Waals surface area contributed by atoms with Gasteiger partial charge in [0.25, 0.3) is 0 Å². The summed E-state index contributed by atoms with van der Waals surface area (Å²) in [4.78, 5) is 22.3. The van der Waals surface area contributed by atoms with Gasteiger partial charge >= 0.3 is 41.5 Å². The van der Waals surface area contributed by atoms with Gasteiger partial charge in [-0.1, -0.05) is 19.8 Å². The third-order valence-corrected chi connectivity index (χ3v) is 3.24. The first-order chi connectivity index (χ1) is 8.32. The summed E-state index contributed by atoms with van der Waals surface area (Å²) in [6.07, 6.45) is 1.48. The molecule has 106 valence electrons. The number of rotatable bonds is 8. The molecule has 0 aliphatic carbocycles. The molecule has 0 spiro atoms. The van der Waals surface area contributed by atoms with Crippen LogP contribution in [0.5, 0.6) is 0 Å². The van der Waals surface area contributed by atoms with Gasteiger partial charge < -0.3 is 14.0 Å². The van der Waals surface area contributed by atoms with Gasteiger partial charge in [-0.15, -0.1) is 0 Å². The first-order valence-electron chi connectivity index (χ1n) is 5.51. The Morgan fingerprint density at radius 3 is 2.26 bits per heavy atom. The molecule has 0 saturated heterocycles. The fraction of sp³-hybridized carbons (Fsp3) is 0.800. The molecule has 0 N–H and O–H groups in total. The van der Waals surface area contributed by atoms with E-state index in [1.54, 1.807) is 0 Å². The van der Waals surface area contributed by atoms with Crippen LogP contribution in [-0.2, 0) is 29.2 Å². The van der Waals surface area contributed by atoms with E-state index in [2.05, 4.69) is 9.47 Å². The van der Waals surface area contributed by atoms with Crippen molar-refractivity contribution in [2.24, 2.45) is 0 Å². The Bertz CT molecular complexity index is 379. The maximum Gasteiger partial charge on any atom is 1.00 e. The third kappa shape index (κ3) is 9.39. The molecule has 0 heterocycles. The Kier molecular flexibility index (Phi) is 11.8. The maximum atomic E-state index is 11.4. The molecule has 1 atom stereocenters. The SMILES string of the molecule is CCCCCOC(=O)C(CC(=O)OC)S(=O)(=O)[O-].[Na+]. The van der Waals surface area contributed by atoms with Crippen LogP contribution in [-0.4, -0.2) is 43.9 Å². The van der Waals surface area contributed by atoms with E-state index < -0.39 is 33.7 Å². The number of hydrogen-bond donors (Lipinski definition) is 0. The predicted molar refractivity (Wildman–Crippen MR) is 60.6 cm³/mol. The Hall–Kier alpha value is -0.150. The minimum atomic E-state index is -4.94. The summed E-state index contributed by atoms with van der Waals surface area (Å²) in [5.41, 5.74) is 0. The van der Waals surface area contributed by atoms with E-state index in [1.165, 1.54) is 0 Å². The molecule has 0 saturated carbocycles. The molecular formula is C10H17NaO7S. The van der Waals surface area contributed by atoms with Crippen LogP contribution >= 0.6 is 0 Å².